The van der Waals surface area contributed by atoms with Crippen molar-refractivity contribution in [3.05, 3.63) is 59.7 Å². The molecule has 2 aromatic rings. The Kier molecular flexibility index (Phi) is 4.40. The van der Waals surface area contributed by atoms with Crippen molar-refractivity contribution >= 4 is 0 Å². The number of nitrogens with one attached hydrogen (secondary N) is 1. The van der Waals surface area contributed by atoms with Crippen molar-refractivity contribution in [3.63, 3.8) is 0 Å². The Morgan fingerprint density at radius 1 is 1.00 bits per heavy atom. The summed E-state index contributed by atoms with van der Waals surface area (Å²) in [6.45, 7) is 5.71. The van der Waals surface area contributed by atoms with E-state index in [1.54, 1.807) is 0 Å². The Bertz CT molecular complexity index is 580. The molecule has 0 bridgehead atoms. The highest BCUT2D eigenvalue weighted by Crippen LogP contribution is 2.33. The van der Waals surface area contributed by atoms with Crippen molar-refractivity contribution in [2.45, 2.75) is 45.1 Å². The van der Waals surface area contributed by atoms with E-state index in [0.717, 1.165) is 6.54 Å². The molecule has 1 heteroatoms. The third-order valence-electron chi connectivity index (χ3n) is 4.50. The summed E-state index contributed by atoms with van der Waals surface area (Å²) in [5.41, 5.74) is 5.62. The molecule has 1 unspecified atom stereocenters. The lowest BCUT2D eigenvalue weighted by Crippen LogP contribution is -2.26. The molecule has 0 aromatic heterocycles. The molecule has 1 saturated heterocycles. The van der Waals surface area contributed by atoms with Crippen molar-refractivity contribution in [1.82, 2.24) is 5.32 Å². The molecule has 0 radical (unpaired) electrons. The van der Waals surface area contributed by atoms with Crippen LogP contribution in [0.1, 0.15) is 56.2 Å². The van der Waals surface area contributed by atoms with E-state index < -0.39 is 0 Å². The van der Waals surface area contributed by atoms with Crippen LogP contribution in [0.3, 0.4) is 0 Å². The molecule has 0 saturated carbocycles. The first-order valence-electron chi connectivity index (χ1n) is 8.18. The van der Waals surface area contributed by atoms with Gasteiger partial charge in [-0.1, -0.05) is 62.7 Å². The van der Waals surface area contributed by atoms with E-state index in [0.29, 0.717) is 12.0 Å². The molecule has 3 rings (SSSR count). The average molecular weight is 279 g/mol. The third kappa shape index (κ3) is 3.19. The molecule has 1 fully saturated rings. The molecule has 1 nitrogen and oxygen atoms in total. The number of piperidine rings is 1. The Morgan fingerprint density at radius 3 is 2.48 bits per heavy atom. The zero-order valence-electron chi connectivity index (χ0n) is 13.1. The second kappa shape index (κ2) is 6.44. The predicted octanol–water partition coefficient (Wildman–Crippen LogP) is 5.29. The maximum atomic E-state index is 3.66. The Labute approximate surface area is 128 Å². The summed E-state index contributed by atoms with van der Waals surface area (Å²) in [6, 6.07) is 18.4. The van der Waals surface area contributed by atoms with Crippen LogP contribution in [0.4, 0.5) is 0 Å². The summed E-state index contributed by atoms with van der Waals surface area (Å²) >= 11 is 0. The van der Waals surface area contributed by atoms with Crippen LogP contribution in [0.2, 0.25) is 0 Å². The van der Waals surface area contributed by atoms with Crippen LogP contribution in [0.25, 0.3) is 11.1 Å². The molecule has 0 aliphatic carbocycles. The summed E-state index contributed by atoms with van der Waals surface area (Å²) in [4.78, 5) is 0. The lowest BCUT2D eigenvalue weighted by atomic mass is 9.88. The largest absolute Gasteiger partial charge is 0.310 e. The van der Waals surface area contributed by atoms with E-state index >= 15 is 0 Å². The Morgan fingerprint density at radius 2 is 1.81 bits per heavy atom. The van der Waals surface area contributed by atoms with Gasteiger partial charge in [-0.3, -0.25) is 0 Å². The van der Waals surface area contributed by atoms with E-state index in [2.05, 4.69) is 67.7 Å². The second-order valence-electron chi connectivity index (χ2n) is 6.37. The third-order valence-corrected chi connectivity index (χ3v) is 4.50. The average Bonchev–Trinajstić information content (AvgIpc) is 2.56. The summed E-state index contributed by atoms with van der Waals surface area (Å²) in [5.74, 6) is 0.550. The molecule has 1 aliphatic rings. The van der Waals surface area contributed by atoms with Crippen molar-refractivity contribution < 1.29 is 0 Å². The van der Waals surface area contributed by atoms with Crippen LogP contribution < -0.4 is 5.32 Å². The first kappa shape index (κ1) is 14.3. The minimum atomic E-state index is 0.530. The first-order chi connectivity index (χ1) is 10.3. The molecule has 1 heterocycles. The molecular weight excluding hydrogens is 254 g/mol. The minimum absolute atomic E-state index is 0.530. The lowest BCUT2D eigenvalue weighted by Gasteiger charge is -2.25. The normalized spacial score (nSPS) is 18.9. The van der Waals surface area contributed by atoms with Crippen LogP contribution >= 0.6 is 0 Å². The summed E-state index contributed by atoms with van der Waals surface area (Å²) in [5, 5.41) is 3.66. The lowest BCUT2D eigenvalue weighted by molar-refractivity contribution is 0.412. The zero-order valence-corrected chi connectivity index (χ0v) is 13.1. The predicted molar refractivity (Wildman–Crippen MR) is 90.6 cm³/mol. The standard InChI is InChI=1S/C20H25N/c1-15(2)18-12-11-17(20-10-6-7-13-21-20)14-19(18)16-8-4-3-5-9-16/h3-5,8-9,11-12,14-15,20-21H,6-7,10,13H2,1-2H3. The van der Waals surface area contributed by atoms with Crippen LogP contribution in [0, 0.1) is 0 Å². The van der Waals surface area contributed by atoms with Crippen molar-refractivity contribution in [3.8, 4) is 11.1 Å². The summed E-state index contributed by atoms with van der Waals surface area (Å²) in [7, 11) is 0. The highest BCUT2D eigenvalue weighted by molar-refractivity contribution is 5.69. The van der Waals surface area contributed by atoms with Crippen LogP contribution in [-0.4, -0.2) is 6.54 Å². The van der Waals surface area contributed by atoms with Gasteiger partial charge >= 0.3 is 0 Å². The second-order valence-corrected chi connectivity index (χ2v) is 6.37. The zero-order chi connectivity index (χ0) is 14.7. The van der Waals surface area contributed by atoms with Crippen molar-refractivity contribution in [1.29, 1.82) is 0 Å². The maximum Gasteiger partial charge on any atom is 0.0320 e. The van der Waals surface area contributed by atoms with Crippen LogP contribution in [0.15, 0.2) is 48.5 Å². The van der Waals surface area contributed by atoms with Crippen LogP contribution in [-0.2, 0) is 0 Å². The van der Waals surface area contributed by atoms with E-state index in [1.165, 1.54) is 41.5 Å². The Hall–Kier alpha value is -1.60. The van der Waals surface area contributed by atoms with Crippen molar-refractivity contribution in [2.24, 2.45) is 0 Å². The monoisotopic (exact) mass is 279 g/mol. The smallest absolute Gasteiger partial charge is 0.0320 e. The fourth-order valence-corrected chi connectivity index (χ4v) is 3.30. The molecule has 21 heavy (non-hydrogen) atoms. The van der Waals surface area contributed by atoms with Gasteiger partial charge in [-0.15, -0.1) is 0 Å². The molecule has 0 amide bonds. The molecule has 1 aliphatic heterocycles. The number of rotatable bonds is 3. The van der Waals surface area contributed by atoms with Gasteiger partial charge in [-0.2, -0.15) is 0 Å². The summed E-state index contributed by atoms with van der Waals surface area (Å²) < 4.78 is 0. The molecular formula is C20H25N. The maximum absolute atomic E-state index is 3.66. The van der Waals surface area contributed by atoms with Gasteiger partial charge in [0.05, 0.1) is 0 Å². The number of hydrogen-bond donors (Lipinski definition) is 1. The van der Waals surface area contributed by atoms with E-state index in [-0.39, 0.29) is 0 Å². The SMILES string of the molecule is CC(C)c1ccc(C2CCCCN2)cc1-c1ccccc1. The van der Waals surface area contributed by atoms with Gasteiger partial charge in [0.2, 0.25) is 0 Å². The highest BCUT2D eigenvalue weighted by Gasteiger charge is 2.17. The highest BCUT2D eigenvalue weighted by atomic mass is 14.9. The van der Waals surface area contributed by atoms with Crippen molar-refractivity contribution in [2.75, 3.05) is 6.54 Å². The van der Waals surface area contributed by atoms with Gasteiger partial charge in [0.25, 0.3) is 0 Å². The quantitative estimate of drug-likeness (QED) is 0.804. The molecule has 110 valence electrons. The van der Waals surface area contributed by atoms with Crippen LogP contribution in [0.5, 0.6) is 0 Å². The van der Waals surface area contributed by atoms with E-state index in [9.17, 15) is 0 Å². The van der Waals surface area contributed by atoms with Gasteiger partial charge in [0.1, 0.15) is 0 Å². The fourth-order valence-electron chi connectivity index (χ4n) is 3.30. The fraction of sp³-hybridized carbons (Fsp3) is 0.400. The molecule has 1 N–H and O–H groups in total. The Balaban J connectivity index is 2.02. The van der Waals surface area contributed by atoms with Gasteiger partial charge in [-0.05, 0) is 53.6 Å². The first-order valence-corrected chi connectivity index (χ1v) is 8.18. The number of benzene rings is 2. The van der Waals surface area contributed by atoms with Gasteiger partial charge in [0, 0.05) is 6.04 Å². The topological polar surface area (TPSA) is 12.0 Å². The summed E-state index contributed by atoms with van der Waals surface area (Å²) in [6.07, 6.45) is 3.91. The van der Waals surface area contributed by atoms with Gasteiger partial charge in [-0.25, -0.2) is 0 Å². The van der Waals surface area contributed by atoms with E-state index in [4.69, 9.17) is 0 Å². The molecule has 2 aromatic carbocycles. The minimum Gasteiger partial charge on any atom is -0.310 e. The molecule has 0 spiro atoms. The van der Waals surface area contributed by atoms with E-state index in [1.807, 2.05) is 0 Å². The number of hydrogen-bond acceptors (Lipinski definition) is 1. The van der Waals surface area contributed by atoms with Gasteiger partial charge in [0.15, 0.2) is 0 Å². The molecule has 1 atom stereocenters. The van der Waals surface area contributed by atoms with Gasteiger partial charge < -0.3 is 5.32 Å².